The third-order valence-electron chi connectivity index (χ3n) is 4.08. The highest BCUT2D eigenvalue weighted by atomic mass is 79.9. The number of hydrogen-bond donors (Lipinski definition) is 0. The Kier molecular flexibility index (Phi) is 4.93. The van der Waals surface area contributed by atoms with E-state index in [1.165, 1.54) is 35.2 Å². The topological polar surface area (TPSA) is 3.24 Å². The summed E-state index contributed by atoms with van der Waals surface area (Å²) in [6, 6.07) is 6.23. The molecule has 0 saturated carbocycles. The summed E-state index contributed by atoms with van der Waals surface area (Å²) in [6.07, 6.45) is 1.24. The average molecular weight is 361 g/mol. The molecule has 2 unspecified atom stereocenters. The lowest BCUT2D eigenvalue weighted by atomic mass is 9.81. The highest BCUT2D eigenvalue weighted by molar-refractivity contribution is 8.93. The molecule has 0 bridgehead atoms. The maximum Gasteiger partial charge on any atom is 0.0495 e. The maximum atomic E-state index is 6.40. The fourth-order valence-corrected chi connectivity index (χ4v) is 4.55. The number of fused-ring (bicyclic) bond motifs is 1. The van der Waals surface area contributed by atoms with Crippen LogP contribution in [0.5, 0.6) is 0 Å². The number of halogens is 2. The third-order valence-corrected chi connectivity index (χ3v) is 5.37. The monoisotopic (exact) mass is 359 g/mol. The van der Waals surface area contributed by atoms with Gasteiger partial charge in [0, 0.05) is 21.7 Å². The van der Waals surface area contributed by atoms with Crippen LogP contribution in [-0.4, -0.2) is 25.0 Å². The summed E-state index contributed by atoms with van der Waals surface area (Å²) in [7, 11) is 2.21. The second kappa shape index (κ2) is 6.13. The molecule has 1 nitrogen and oxygen atoms in total. The Morgan fingerprint density at radius 2 is 2.16 bits per heavy atom. The summed E-state index contributed by atoms with van der Waals surface area (Å²) in [5, 5.41) is 4.53. The largest absolute Gasteiger partial charge is 0.306 e. The molecule has 1 saturated heterocycles. The van der Waals surface area contributed by atoms with Crippen molar-refractivity contribution in [3.05, 3.63) is 34.2 Å². The van der Waals surface area contributed by atoms with Crippen molar-refractivity contribution in [2.45, 2.75) is 19.3 Å². The highest BCUT2D eigenvalue weighted by Crippen LogP contribution is 2.41. The highest BCUT2D eigenvalue weighted by Gasteiger charge is 2.27. The van der Waals surface area contributed by atoms with E-state index in [4.69, 9.17) is 11.6 Å². The van der Waals surface area contributed by atoms with Crippen LogP contribution in [0, 0.1) is 5.92 Å². The van der Waals surface area contributed by atoms with Crippen molar-refractivity contribution in [1.29, 1.82) is 0 Å². The van der Waals surface area contributed by atoms with E-state index in [-0.39, 0.29) is 17.0 Å². The Bertz CT molecular complexity index is 568. The summed E-state index contributed by atoms with van der Waals surface area (Å²) in [5.41, 5.74) is 1.47. The number of nitrogens with zero attached hydrogens (tertiary/aromatic N) is 1. The van der Waals surface area contributed by atoms with Crippen LogP contribution in [0.25, 0.3) is 10.1 Å². The Labute approximate surface area is 134 Å². The summed E-state index contributed by atoms with van der Waals surface area (Å²) in [4.78, 5) is 2.43. The number of likely N-dealkylation sites (tertiary alicyclic amines) is 1. The molecule has 0 spiro atoms. The Balaban J connectivity index is 0.00000133. The van der Waals surface area contributed by atoms with E-state index in [1.807, 2.05) is 23.5 Å². The molecule has 4 heteroatoms. The zero-order valence-corrected chi connectivity index (χ0v) is 14.5. The van der Waals surface area contributed by atoms with Crippen molar-refractivity contribution in [2.24, 2.45) is 5.92 Å². The van der Waals surface area contributed by atoms with E-state index in [1.54, 1.807) is 0 Å². The van der Waals surface area contributed by atoms with Crippen molar-refractivity contribution in [3.63, 3.8) is 0 Å². The summed E-state index contributed by atoms with van der Waals surface area (Å²) < 4.78 is 1.32. The summed E-state index contributed by atoms with van der Waals surface area (Å²) >= 11 is 8.22. The maximum absolute atomic E-state index is 6.40. The number of hydrogen-bond acceptors (Lipinski definition) is 2. The van der Waals surface area contributed by atoms with Gasteiger partial charge in [-0.3, -0.25) is 0 Å². The van der Waals surface area contributed by atoms with Gasteiger partial charge >= 0.3 is 0 Å². The lowest BCUT2D eigenvalue weighted by molar-refractivity contribution is 0.196. The molecule has 19 heavy (non-hydrogen) atoms. The van der Waals surface area contributed by atoms with E-state index in [0.29, 0.717) is 11.8 Å². The molecular formula is C15H19BrClNS. The van der Waals surface area contributed by atoms with Crippen LogP contribution < -0.4 is 0 Å². The molecule has 3 rings (SSSR count). The average Bonchev–Trinajstić information content (AvgIpc) is 2.74. The molecule has 0 radical (unpaired) electrons. The first-order valence-corrected chi connectivity index (χ1v) is 7.76. The minimum atomic E-state index is 0. The number of piperidine rings is 1. The molecule has 2 aromatic rings. The fourth-order valence-electron chi connectivity index (χ4n) is 3.16. The second-order valence-electron chi connectivity index (χ2n) is 5.44. The van der Waals surface area contributed by atoms with Crippen LogP contribution in [0.2, 0.25) is 5.02 Å². The predicted molar refractivity (Wildman–Crippen MR) is 91.2 cm³/mol. The molecule has 0 N–H and O–H groups in total. The quantitative estimate of drug-likeness (QED) is 0.676. The Morgan fingerprint density at radius 3 is 2.89 bits per heavy atom. The van der Waals surface area contributed by atoms with E-state index in [9.17, 15) is 0 Å². The van der Waals surface area contributed by atoms with E-state index in [2.05, 4.69) is 30.3 Å². The normalized spacial score (nSPS) is 24.4. The van der Waals surface area contributed by atoms with Gasteiger partial charge in [-0.25, -0.2) is 0 Å². The molecule has 2 heterocycles. The predicted octanol–water partition coefficient (Wildman–Crippen LogP) is 5.19. The SMILES string of the molecule is Br.CC1CN(C)CCC1c1csc2cccc(Cl)c12. The second-order valence-corrected chi connectivity index (χ2v) is 6.76. The van der Waals surface area contributed by atoms with Crippen LogP contribution in [0.4, 0.5) is 0 Å². The van der Waals surface area contributed by atoms with Gasteiger partial charge in [0.05, 0.1) is 0 Å². The van der Waals surface area contributed by atoms with Crippen molar-refractivity contribution in [1.82, 2.24) is 4.90 Å². The summed E-state index contributed by atoms with van der Waals surface area (Å²) in [6.45, 7) is 4.74. The molecular weight excluding hydrogens is 342 g/mol. The molecule has 1 fully saturated rings. The smallest absolute Gasteiger partial charge is 0.0495 e. The Morgan fingerprint density at radius 1 is 1.37 bits per heavy atom. The molecule has 104 valence electrons. The number of rotatable bonds is 1. The zero-order valence-electron chi connectivity index (χ0n) is 11.2. The van der Waals surface area contributed by atoms with Crippen molar-refractivity contribution in [2.75, 3.05) is 20.1 Å². The van der Waals surface area contributed by atoms with Gasteiger partial charge in [0.2, 0.25) is 0 Å². The van der Waals surface area contributed by atoms with Gasteiger partial charge in [-0.05, 0) is 54.9 Å². The molecule has 2 atom stereocenters. The van der Waals surface area contributed by atoms with Crippen LogP contribution >= 0.6 is 39.9 Å². The van der Waals surface area contributed by atoms with Gasteiger partial charge in [-0.2, -0.15) is 0 Å². The van der Waals surface area contributed by atoms with Gasteiger partial charge in [0.25, 0.3) is 0 Å². The fraction of sp³-hybridized carbons (Fsp3) is 0.467. The van der Waals surface area contributed by atoms with Gasteiger partial charge in [0.1, 0.15) is 0 Å². The van der Waals surface area contributed by atoms with Crippen LogP contribution in [0.15, 0.2) is 23.6 Å². The summed E-state index contributed by atoms with van der Waals surface area (Å²) in [5.74, 6) is 1.37. The minimum absolute atomic E-state index is 0. The van der Waals surface area contributed by atoms with Gasteiger partial charge in [-0.15, -0.1) is 28.3 Å². The number of thiophene rings is 1. The van der Waals surface area contributed by atoms with Gasteiger partial charge in [-0.1, -0.05) is 24.6 Å². The first-order valence-electron chi connectivity index (χ1n) is 6.51. The lowest BCUT2D eigenvalue weighted by Gasteiger charge is -2.34. The van der Waals surface area contributed by atoms with Gasteiger partial charge < -0.3 is 4.90 Å². The van der Waals surface area contributed by atoms with Crippen molar-refractivity contribution >= 4 is 50.0 Å². The molecule has 0 aliphatic carbocycles. The first-order chi connectivity index (χ1) is 8.66. The van der Waals surface area contributed by atoms with Crippen LogP contribution in [0.1, 0.15) is 24.8 Å². The Hall–Kier alpha value is -0.0900. The van der Waals surface area contributed by atoms with Crippen LogP contribution in [0.3, 0.4) is 0 Å². The van der Waals surface area contributed by atoms with Crippen molar-refractivity contribution in [3.8, 4) is 0 Å². The molecule has 1 aliphatic heterocycles. The lowest BCUT2D eigenvalue weighted by Crippen LogP contribution is -2.35. The minimum Gasteiger partial charge on any atom is -0.306 e. The van der Waals surface area contributed by atoms with E-state index in [0.717, 1.165) is 5.02 Å². The molecule has 0 amide bonds. The van der Waals surface area contributed by atoms with Crippen molar-refractivity contribution < 1.29 is 0 Å². The molecule has 1 aromatic heterocycles. The van der Waals surface area contributed by atoms with E-state index < -0.39 is 0 Å². The first kappa shape index (κ1) is 15.3. The zero-order chi connectivity index (χ0) is 12.7. The molecule has 1 aliphatic rings. The molecule has 1 aromatic carbocycles. The van der Waals surface area contributed by atoms with Gasteiger partial charge in [0.15, 0.2) is 0 Å². The third kappa shape index (κ3) is 2.85. The standard InChI is InChI=1S/C15H18ClNS.BrH/c1-10-8-17(2)7-6-11(10)12-9-18-14-5-3-4-13(16)15(12)14;/h3-5,9-11H,6-8H2,1-2H3;1H. The van der Waals surface area contributed by atoms with Crippen LogP contribution in [-0.2, 0) is 0 Å². The number of benzene rings is 1. The van der Waals surface area contributed by atoms with E-state index >= 15 is 0 Å².